The number of aliphatic carboxylic acids is 1. The minimum Gasteiger partial charge on any atom is -0.505 e. The third-order valence-electron chi connectivity index (χ3n) is 1.18. The predicted molar refractivity (Wildman–Crippen MR) is 33.9 cm³/mol. The average molecular weight is 158 g/mol. The summed E-state index contributed by atoms with van der Waals surface area (Å²) < 4.78 is 4.47. The topological polar surface area (TPSA) is 87.0 Å². The van der Waals surface area contributed by atoms with E-state index in [1.165, 1.54) is 0 Å². The molecule has 0 bridgehead atoms. The van der Waals surface area contributed by atoms with E-state index in [1.54, 1.807) is 0 Å². The molecule has 1 aliphatic heterocycles. The van der Waals surface area contributed by atoms with E-state index < -0.39 is 23.6 Å². The Hall–Kier alpha value is -1.65. The van der Waals surface area contributed by atoms with Gasteiger partial charge in [0.2, 0.25) is 0 Å². The molecular formula is C6H6O5. The lowest BCUT2D eigenvalue weighted by atomic mass is 10.2. The molecule has 60 valence electrons. The van der Waals surface area contributed by atoms with Gasteiger partial charge in [0.1, 0.15) is 0 Å². The molecule has 1 atom stereocenters. The number of carbonyl (C=O) groups is 1. The van der Waals surface area contributed by atoms with Crippen molar-refractivity contribution in [2.75, 3.05) is 0 Å². The van der Waals surface area contributed by atoms with E-state index in [1.807, 2.05) is 0 Å². The molecular weight excluding hydrogens is 152 g/mol. The van der Waals surface area contributed by atoms with Gasteiger partial charge in [0, 0.05) is 6.08 Å². The molecule has 0 aromatic rings. The molecule has 1 heterocycles. The molecule has 0 aromatic heterocycles. The maximum absolute atomic E-state index is 10.2. The zero-order valence-electron chi connectivity index (χ0n) is 5.39. The van der Waals surface area contributed by atoms with Gasteiger partial charge in [-0.05, 0) is 0 Å². The van der Waals surface area contributed by atoms with Crippen molar-refractivity contribution in [3.05, 3.63) is 23.9 Å². The van der Waals surface area contributed by atoms with Crippen molar-refractivity contribution in [1.82, 2.24) is 0 Å². The van der Waals surface area contributed by atoms with E-state index in [0.717, 1.165) is 12.3 Å². The molecule has 0 amide bonds. The first kappa shape index (κ1) is 7.46. The molecule has 11 heavy (non-hydrogen) atoms. The fourth-order valence-electron chi connectivity index (χ4n) is 0.642. The van der Waals surface area contributed by atoms with Crippen LogP contribution in [-0.2, 0) is 9.53 Å². The van der Waals surface area contributed by atoms with E-state index in [0.29, 0.717) is 0 Å². The Labute approximate surface area is 61.8 Å². The summed E-state index contributed by atoms with van der Waals surface area (Å²) in [4.78, 5) is 10.2. The van der Waals surface area contributed by atoms with Crippen molar-refractivity contribution < 1.29 is 24.9 Å². The zero-order valence-corrected chi connectivity index (χ0v) is 5.39. The van der Waals surface area contributed by atoms with Gasteiger partial charge in [-0.15, -0.1) is 0 Å². The van der Waals surface area contributed by atoms with Gasteiger partial charge in [-0.3, -0.25) is 0 Å². The number of carboxylic acid groups (broad SMARTS) is 1. The highest BCUT2D eigenvalue weighted by Crippen LogP contribution is 2.14. The van der Waals surface area contributed by atoms with Gasteiger partial charge >= 0.3 is 5.97 Å². The van der Waals surface area contributed by atoms with Crippen LogP contribution in [0.2, 0.25) is 0 Å². The molecule has 0 aromatic carbocycles. The summed E-state index contributed by atoms with van der Waals surface area (Å²) in [6.45, 7) is 0. The molecule has 0 saturated carbocycles. The molecule has 1 aliphatic rings. The predicted octanol–water partition coefficient (Wildman–Crippen LogP) is 0.311. The van der Waals surface area contributed by atoms with Crippen molar-refractivity contribution in [3.8, 4) is 0 Å². The van der Waals surface area contributed by atoms with Crippen LogP contribution in [-0.4, -0.2) is 27.4 Å². The number of ether oxygens (including phenoxy) is 1. The molecule has 0 fully saturated rings. The third-order valence-corrected chi connectivity index (χ3v) is 1.18. The van der Waals surface area contributed by atoms with Gasteiger partial charge in [-0.2, -0.15) is 0 Å². The van der Waals surface area contributed by atoms with Gasteiger partial charge < -0.3 is 20.1 Å². The molecule has 1 unspecified atom stereocenters. The first-order valence-corrected chi connectivity index (χ1v) is 2.80. The molecule has 0 saturated heterocycles. The van der Waals surface area contributed by atoms with Gasteiger partial charge in [-0.25, -0.2) is 4.79 Å². The van der Waals surface area contributed by atoms with Crippen molar-refractivity contribution >= 4 is 5.97 Å². The van der Waals surface area contributed by atoms with E-state index in [9.17, 15) is 4.79 Å². The maximum atomic E-state index is 10.2. The number of allylic oxidation sites excluding steroid dienone is 1. The second kappa shape index (κ2) is 2.53. The van der Waals surface area contributed by atoms with Gasteiger partial charge in [-0.1, -0.05) is 0 Å². The summed E-state index contributed by atoms with van der Waals surface area (Å²) in [5.74, 6) is -2.51. The van der Waals surface area contributed by atoms with Crippen LogP contribution in [0.25, 0.3) is 0 Å². The standard InChI is InChI=1S/C6H6O5/c7-3-1-2-11-5(4(3)8)6(9)10/h1-2,5,7-8H,(H,9,10). The summed E-state index contributed by atoms with van der Waals surface area (Å²) in [7, 11) is 0. The first-order valence-electron chi connectivity index (χ1n) is 2.80. The molecule has 0 radical (unpaired) electrons. The smallest absolute Gasteiger partial charge is 0.353 e. The maximum Gasteiger partial charge on any atom is 0.353 e. The minimum atomic E-state index is -1.49. The van der Waals surface area contributed by atoms with Crippen LogP contribution in [0.5, 0.6) is 0 Å². The molecule has 1 rings (SSSR count). The normalized spacial score (nSPS) is 23.1. The van der Waals surface area contributed by atoms with Crippen LogP contribution >= 0.6 is 0 Å². The fraction of sp³-hybridized carbons (Fsp3) is 0.167. The third kappa shape index (κ3) is 1.26. The molecule has 5 heteroatoms. The molecule has 0 aliphatic carbocycles. The Kier molecular flexibility index (Phi) is 1.72. The van der Waals surface area contributed by atoms with Crippen LogP contribution in [0.15, 0.2) is 23.9 Å². The Bertz CT molecular complexity index is 239. The fourth-order valence-corrected chi connectivity index (χ4v) is 0.642. The van der Waals surface area contributed by atoms with E-state index >= 15 is 0 Å². The lowest BCUT2D eigenvalue weighted by Gasteiger charge is -2.14. The summed E-state index contributed by atoms with van der Waals surface area (Å²) in [5, 5.41) is 26.0. The summed E-state index contributed by atoms with van der Waals surface area (Å²) >= 11 is 0. The largest absolute Gasteiger partial charge is 0.505 e. The van der Waals surface area contributed by atoms with E-state index in [-0.39, 0.29) is 0 Å². The monoisotopic (exact) mass is 158 g/mol. The summed E-state index contributed by atoms with van der Waals surface area (Å²) in [5.41, 5.74) is 0. The number of hydrogen-bond acceptors (Lipinski definition) is 4. The Morgan fingerprint density at radius 1 is 1.55 bits per heavy atom. The Balaban J connectivity index is 2.89. The second-order valence-corrected chi connectivity index (χ2v) is 1.93. The highest BCUT2D eigenvalue weighted by atomic mass is 16.5. The lowest BCUT2D eigenvalue weighted by Crippen LogP contribution is -2.27. The van der Waals surface area contributed by atoms with Crippen LogP contribution in [0.4, 0.5) is 0 Å². The van der Waals surface area contributed by atoms with Crippen molar-refractivity contribution in [1.29, 1.82) is 0 Å². The summed E-state index contributed by atoms with van der Waals surface area (Å²) in [6.07, 6.45) is 0.586. The highest BCUT2D eigenvalue weighted by Gasteiger charge is 2.27. The Morgan fingerprint density at radius 3 is 2.64 bits per heavy atom. The van der Waals surface area contributed by atoms with Crippen LogP contribution in [0.1, 0.15) is 0 Å². The van der Waals surface area contributed by atoms with Gasteiger partial charge in [0.25, 0.3) is 6.10 Å². The SMILES string of the molecule is O=C(O)C1OC=CC(O)=C1O. The number of aliphatic hydroxyl groups excluding tert-OH is 2. The number of hydrogen-bond donors (Lipinski definition) is 3. The van der Waals surface area contributed by atoms with Crippen molar-refractivity contribution in [3.63, 3.8) is 0 Å². The van der Waals surface area contributed by atoms with E-state index in [4.69, 9.17) is 15.3 Å². The average Bonchev–Trinajstić information content (AvgIpc) is 1.94. The quantitative estimate of drug-likeness (QED) is 0.511. The second-order valence-electron chi connectivity index (χ2n) is 1.93. The van der Waals surface area contributed by atoms with Crippen molar-refractivity contribution in [2.24, 2.45) is 0 Å². The minimum absolute atomic E-state index is 0.483. The first-order chi connectivity index (χ1) is 5.13. The summed E-state index contributed by atoms with van der Waals surface area (Å²) in [6, 6.07) is 0. The number of aliphatic hydroxyl groups is 2. The van der Waals surface area contributed by atoms with Crippen molar-refractivity contribution in [2.45, 2.75) is 6.10 Å². The molecule has 0 spiro atoms. The van der Waals surface area contributed by atoms with Gasteiger partial charge in [0.15, 0.2) is 11.5 Å². The number of rotatable bonds is 1. The lowest BCUT2D eigenvalue weighted by molar-refractivity contribution is -0.146. The van der Waals surface area contributed by atoms with Gasteiger partial charge in [0.05, 0.1) is 6.26 Å². The van der Waals surface area contributed by atoms with Crippen LogP contribution < -0.4 is 0 Å². The highest BCUT2D eigenvalue weighted by molar-refractivity contribution is 5.76. The van der Waals surface area contributed by atoms with Crippen LogP contribution in [0, 0.1) is 0 Å². The number of carboxylic acids is 1. The molecule has 3 N–H and O–H groups in total. The van der Waals surface area contributed by atoms with E-state index in [2.05, 4.69) is 4.74 Å². The molecule has 5 nitrogen and oxygen atoms in total. The Morgan fingerprint density at radius 2 is 2.18 bits per heavy atom. The zero-order chi connectivity index (χ0) is 8.43. The van der Waals surface area contributed by atoms with Crippen LogP contribution in [0.3, 0.4) is 0 Å².